The highest BCUT2D eigenvalue weighted by atomic mass is 19.1. The molecule has 202 valence electrons. The number of hydrogen-bond acceptors (Lipinski definition) is 3. The van der Waals surface area contributed by atoms with E-state index in [1.165, 1.54) is 13.2 Å². The number of amides is 1. The van der Waals surface area contributed by atoms with E-state index in [-0.39, 0.29) is 23.8 Å². The first-order valence-electron chi connectivity index (χ1n) is 12.9. The van der Waals surface area contributed by atoms with Crippen LogP contribution < -0.4 is 10.1 Å². The molecule has 40 heavy (non-hydrogen) atoms. The summed E-state index contributed by atoms with van der Waals surface area (Å²) in [7, 11) is 1.41. The Bertz CT molecular complexity index is 1740. The van der Waals surface area contributed by atoms with Crippen molar-refractivity contribution in [2.45, 2.75) is 26.9 Å². The predicted molar refractivity (Wildman–Crippen MR) is 153 cm³/mol. The molecule has 0 fully saturated rings. The fourth-order valence-electron chi connectivity index (χ4n) is 5.02. The molecule has 0 aliphatic carbocycles. The van der Waals surface area contributed by atoms with Crippen LogP contribution in [0.1, 0.15) is 43.1 Å². The van der Waals surface area contributed by atoms with Crippen LogP contribution in [0.3, 0.4) is 0 Å². The third kappa shape index (κ3) is 5.06. The van der Waals surface area contributed by atoms with Crippen LogP contribution in [0, 0.1) is 19.7 Å². The summed E-state index contributed by atoms with van der Waals surface area (Å²) in [6.07, 6.45) is 0. The molecule has 1 aromatic heterocycles. The number of carbonyl (C=O) groups excluding carboxylic acids is 1. The summed E-state index contributed by atoms with van der Waals surface area (Å²) < 4.78 is 21.7. The average molecular weight is 537 g/mol. The zero-order chi connectivity index (χ0) is 28.4. The molecule has 0 saturated heterocycles. The number of carbonyl (C=O) groups is 2. The molecular formula is C33H29FN2O4. The first kappa shape index (κ1) is 26.7. The van der Waals surface area contributed by atoms with E-state index < -0.39 is 11.8 Å². The minimum atomic E-state index is -0.954. The molecule has 0 bridgehead atoms. The third-order valence-electron chi connectivity index (χ3n) is 7.37. The maximum Gasteiger partial charge on any atom is 0.336 e. The van der Waals surface area contributed by atoms with Gasteiger partial charge in [-0.25, -0.2) is 9.18 Å². The molecule has 2 N–H and O–H groups in total. The van der Waals surface area contributed by atoms with Crippen molar-refractivity contribution in [1.82, 2.24) is 9.88 Å². The Balaban J connectivity index is 1.36. The molecule has 0 atom stereocenters. The number of methoxy groups -OCH3 is 1. The van der Waals surface area contributed by atoms with E-state index in [1.54, 1.807) is 30.3 Å². The summed E-state index contributed by atoms with van der Waals surface area (Å²) in [5.41, 5.74) is 6.89. The topological polar surface area (TPSA) is 80.6 Å². The number of carboxylic acid groups (broad SMARTS) is 1. The Morgan fingerprint density at radius 3 is 2.42 bits per heavy atom. The third-order valence-corrected chi connectivity index (χ3v) is 7.37. The van der Waals surface area contributed by atoms with Crippen LogP contribution in [0.4, 0.5) is 4.39 Å². The highest BCUT2D eigenvalue weighted by molar-refractivity contribution is 5.99. The molecule has 4 aromatic carbocycles. The molecule has 1 heterocycles. The Labute approximate surface area is 231 Å². The van der Waals surface area contributed by atoms with E-state index in [9.17, 15) is 19.1 Å². The monoisotopic (exact) mass is 536 g/mol. The summed E-state index contributed by atoms with van der Waals surface area (Å²) in [5.74, 6) is -1.58. The molecular weight excluding hydrogens is 507 g/mol. The van der Waals surface area contributed by atoms with Gasteiger partial charge in [0.1, 0.15) is 0 Å². The average Bonchev–Trinajstić information content (AvgIpc) is 3.21. The van der Waals surface area contributed by atoms with Crippen LogP contribution >= 0.6 is 0 Å². The van der Waals surface area contributed by atoms with Crippen molar-refractivity contribution in [3.05, 3.63) is 124 Å². The number of nitrogens with zero attached hydrogens (tertiary/aromatic N) is 1. The molecule has 0 aliphatic heterocycles. The molecule has 0 aliphatic rings. The van der Waals surface area contributed by atoms with E-state index in [4.69, 9.17) is 4.74 Å². The van der Waals surface area contributed by atoms with Crippen LogP contribution in [-0.2, 0) is 13.1 Å². The highest BCUT2D eigenvalue weighted by Crippen LogP contribution is 2.29. The maximum absolute atomic E-state index is 14.5. The second kappa shape index (κ2) is 11.1. The smallest absolute Gasteiger partial charge is 0.336 e. The van der Waals surface area contributed by atoms with Gasteiger partial charge in [-0.15, -0.1) is 0 Å². The van der Waals surface area contributed by atoms with Crippen molar-refractivity contribution >= 4 is 22.8 Å². The van der Waals surface area contributed by atoms with Crippen molar-refractivity contribution in [3.8, 4) is 16.9 Å². The molecule has 5 aromatic rings. The first-order valence-corrected chi connectivity index (χ1v) is 12.9. The van der Waals surface area contributed by atoms with Gasteiger partial charge in [0.15, 0.2) is 11.6 Å². The molecule has 1 amide bonds. The number of rotatable bonds is 8. The number of fused-ring (bicyclic) bond motifs is 1. The summed E-state index contributed by atoms with van der Waals surface area (Å²) >= 11 is 0. The lowest BCUT2D eigenvalue weighted by Crippen LogP contribution is -2.23. The Kier molecular flexibility index (Phi) is 7.38. The highest BCUT2D eigenvalue weighted by Gasteiger charge is 2.16. The first-order chi connectivity index (χ1) is 19.3. The molecule has 6 nitrogen and oxygen atoms in total. The Morgan fingerprint density at radius 1 is 0.950 bits per heavy atom. The molecule has 0 unspecified atom stereocenters. The summed E-state index contributed by atoms with van der Waals surface area (Å²) in [5, 5.41) is 13.3. The molecule has 0 saturated carbocycles. The predicted octanol–water partition coefficient (Wildman–Crippen LogP) is 6.75. The molecule has 7 heteroatoms. The van der Waals surface area contributed by atoms with E-state index in [0.29, 0.717) is 23.2 Å². The number of benzene rings is 4. The fourth-order valence-corrected chi connectivity index (χ4v) is 5.02. The second-order valence-electron chi connectivity index (χ2n) is 9.69. The number of carboxylic acids is 1. The van der Waals surface area contributed by atoms with Gasteiger partial charge in [0.2, 0.25) is 0 Å². The fraction of sp³-hybridized carbons (Fsp3) is 0.152. The Hall–Kier alpha value is -4.91. The van der Waals surface area contributed by atoms with Crippen molar-refractivity contribution in [2.24, 2.45) is 0 Å². The minimum Gasteiger partial charge on any atom is -0.494 e. The normalized spacial score (nSPS) is 11.0. The number of halogens is 1. The van der Waals surface area contributed by atoms with Gasteiger partial charge in [-0.1, -0.05) is 54.6 Å². The molecule has 0 spiro atoms. The van der Waals surface area contributed by atoms with Crippen molar-refractivity contribution in [2.75, 3.05) is 7.11 Å². The van der Waals surface area contributed by atoms with Crippen LogP contribution in [0.2, 0.25) is 0 Å². The van der Waals surface area contributed by atoms with Gasteiger partial charge in [0.05, 0.1) is 12.7 Å². The number of ether oxygens (including phenoxy) is 1. The summed E-state index contributed by atoms with van der Waals surface area (Å²) in [4.78, 5) is 24.6. The molecule has 0 radical (unpaired) electrons. The van der Waals surface area contributed by atoms with E-state index >= 15 is 0 Å². The van der Waals surface area contributed by atoms with Gasteiger partial charge in [-0.2, -0.15) is 0 Å². The van der Waals surface area contributed by atoms with Gasteiger partial charge < -0.3 is 19.7 Å². The zero-order valence-electron chi connectivity index (χ0n) is 22.5. The standard InChI is InChI=1S/C33H29FN2O4/c1-20-21(2)36(19-22-11-13-23(14-12-22)26-8-4-5-9-27(26)33(38)39)29-16-15-24(17-28(20)29)32(37)35-18-25-7-6-10-30(40-3)31(25)34/h4-17H,18-19H2,1-3H3,(H,35,37)(H,38,39). The molecule has 5 rings (SSSR count). The number of hydrogen-bond donors (Lipinski definition) is 2. The van der Waals surface area contributed by atoms with Crippen molar-refractivity contribution in [3.63, 3.8) is 0 Å². The maximum atomic E-state index is 14.5. The zero-order valence-corrected chi connectivity index (χ0v) is 22.5. The van der Waals surface area contributed by atoms with Crippen molar-refractivity contribution in [1.29, 1.82) is 0 Å². The van der Waals surface area contributed by atoms with Crippen LogP contribution in [0.15, 0.2) is 84.9 Å². The summed E-state index contributed by atoms with van der Waals surface area (Å²) in [6.45, 7) is 4.76. The van der Waals surface area contributed by atoms with Gasteiger partial charge in [-0.3, -0.25) is 4.79 Å². The van der Waals surface area contributed by atoms with E-state index in [0.717, 1.165) is 33.3 Å². The van der Waals surface area contributed by atoms with Crippen LogP contribution in [0.5, 0.6) is 5.75 Å². The van der Waals surface area contributed by atoms with Gasteiger partial charge in [0.25, 0.3) is 5.91 Å². The lowest BCUT2D eigenvalue weighted by Gasteiger charge is -2.11. The largest absolute Gasteiger partial charge is 0.494 e. The van der Waals surface area contributed by atoms with Crippen LogP contribution in [0.25, 0.3) is 22.0 Å². The van der Waals surface area contributed by atoms with Gasteiger partial charge >= 0.3 is 5.97 Å². The number of aromatic carboxylic acids is 1. The SMILES string of the molecule is COc1cccc(CNC(=O)c2ccc3c(c2)c(C)c(C)n3Cc2ccc(-c3ccccc3C(=O)O)cc2)c1F. The quantitative estimate of drug-likeness (QED) is 0.230. The lowest BCUT2D eigenvalue weighted by molar-refractivity contribution is 0.0697. The minimum absolute atomic E-state index is 0.0475. The number of aromatic nitrogens is 1. The van der Waals surface area contributed by atoms with E-state index in [1.807, 2.05) is 55.5 Å². The summed E-state index contributed by atoms with van der Waals surface area (Å²) in [6, 6.07) is 25.3. The van der Waals surface area contributed by atoms with E-state index in [2.05, 4.69) is 16.8 Å². The number of aryl methyl sites for hydroxylation is 1. The Morgan fingerprint density at radius 2 is 1.70 bits per heavy atom. The van der Waals surface area contributed by atoms with Gasteiger partial charge in [-0.05, 0) is 66.4 Å². The second-order valence-corrected chi connectivity index (χ2v) is 9.69. The van der Waals surface area contributed by atoms with Crippen LogP contribution in [-0.4, -0.2) is 28.7 Å². The van der Waals surface area contributed by atoms with Crippen molar-refractivity contribution < 1.29 is 23.8 Å². The van der Waals surface area contributed by atoms with Gasteiger partial charge in [0, 0.05) is 40.8 Å². The number of nitrogens with one attached hydrogen (secondary N) is 1. The lowest BCUT2D eigenvalue weighted by atomic mass is 9.99.